The third-order valence-corrected chi connectivity index (χ3v) is 2.98. The molecule has 0 aromatic carbocycles. The van der Waals surface area contributed by atoms with Crippen molar-refractivity contribution in [3.05, 3.63) is 22.6 Å². The first-order valence-electron chi connectivity index (χ1n) is 6.11. The van der Waals surface area contributed by atoms with E-state index in [9.17, 15) is 4.39 Å². The van der Waals surface area contributed by atoms with E-state index >= 15 is 0 Å². The standard InChI is InChI=1S/C13H19BrFNO/c1-3-4-5-6-7-10(2)17-13-12(15)8-11(14)9-16-13/h8-10H,3-7H2,1-2H3. The van der Waals surface area contributed by atoms with Gasteiger partial charge in [-0.1, -0.05) is 26.2 Å². The number of nitrogens with zero attached hydrogens (tertiary/aromatic N) is 1. The number of pyridine rings is 1. The zero-order valence-corrected chi connectivity index (χ0v) is 12.0. The van der Waals surface area contributed by atoms with Gasteiger partial charge in [-0.25, -0.2) is 9.37 Å². The lowest BCUT2D eigenvalue weighted by molar-refractivity contribution is 0.188. The van der Waals surface area contributed by atoms with E-state index in [0.717, 1.165) is 12.8 Å². The molecule has 0 spiro atoms. The molecule has 1 aromatic rings. The number of halogens is 2. The Hall–Kier alpha value is -0.640. The van der Waals surface area contributed by atoms with E-state index in [2.05, 4.69) is 27.8 Å². The van der Waals surface area contributed by atoms with Crippen molar-refractivity contribution in [3.8, 4) is 5.88 Å². The number of rotatable bonds is 7. The highest BCUT2D eigenvalue weighted by atomic mass is 79.9. The predicted molar refractivity (Wildman–Crippen MR) is 70.7 cm³/mol. The van der Waals surface area contributed by atoms with Crippen molar-refractivity contribution >= 4 is 15.9 Å². The average Bonchev–Trinajstić information content (AvgIpc) is 2.28. The van der Waals surface area contributed by atoms with E-state index < -0.39 is 5.82 Å². The maximum Gasteiger partial charge on any atom is 0.250 e. The molecule has 1 unspecified atom stereocenters. The fourth-order valence-corrected chi connectivity index (χ4v) is 1.90. The molecule has 0 saturated heterocycles. The summed E-state index contributed by atoms with van der Waals surface area (Å²) in [6.07, 6.45) is 7.29. The summed E-state index contributed by atoms with van der Waals surface area (Å²) >= 11 is 3.16. The number of hydrogen-bond donors (Lipinski definition) is 0. The van der Waals surface area contributed by atoms with Crippen LogP contribution in [-0.4, -0.2) is 11.1 Å². The van der Waals surface area contributed by atoms with Crippen LogP contribution in [0.3, 0.4) is 0 Å². The van der Waals surface area contributed by atoms with Crippen LogP contribution in [0.5, 0.6) is 5.88 Å². The van der Waals surface area contributed by atoms with Crippen molar-refractivity contribution in [2.24, 2.45) is 0 Å². The molecule has 4 heteroatoms. The normalized spacial score (nSPS) is 12.5. The van der Waals surface area contributed by atoms with Crippen molar-refractivity contribution in [1.82, 2.24) is 4.98 Å². The molecule has 0 aliphatic carbocycles. The molecule has 2 nitrogen and oxygen atoms in total. The highest BCUT2D eigenvalue weighted by Crippen LogP contribution is 2.20. The van der Waals surface area contributed by atoms with Gasteiger partial charge in [-0.3, -0.25) is 0 Å². The molecule has 1 atom stereocenters. The Morgan fingerprint density at radius 2 is 2.18 bits per heavy atom. The first-order valence-corrected chi connectivity index (χ1v) is 6.90. The predicted octanol–water partition coefficient (Wildman–Crippen LogP) is 4.72. The largest absolute Gasteiger partial charge is 0.473 e. The van der Waals surface area contributed by atoms with Crippen LogP contribution in [0, 0.1) is 5.82 Å². The lowest BCUT2D eigenvalue weighted by atomic mass is 10.1. The second-order valence-corrected chi connectivity index (χ2v) is 5.13. The first-order chi connectivity index (χ1) is 8.13. The van der Waals surface area contributed by atoms with Crippen LogP contribution < -0.4 is 4.74 Å². The maximum absolute atomic E-state index is 13.4. The number of unbranched alkanes of at least 4 members (excludes halogenated alkanes) is 3. The van der Waals surface area contributed by atoms with Gasteiger partial charge in [0.15, 0.2) is 5.82 Å². The zero-order valence-electron chi connectivity index (χ0n) is 10.4. The molecule has 0 radical (unpaired) electrons. The molecule has 1 aromatic heterocycles. The fourth-order valence-electron chi connectivity index (χ4n) is 1.60. The molecule has 0 fully saturated rings. The lowest BCUT2D eigenvalue weighted by Gasteiger charge is -2.14. The number of ether oxygens (including phenoxy) is 1. The van der Waals surface area contributed by atoms with Gasteiger partial charge in [0.2, 0.25) is 0 Å². The van der Waals surface area contributed by atoms with Gasteiger partial charge in [-0.2, -0.15) is 0 Å². The van der Waals surface area contributed by atoms with E-state index in [-0.39, 0.29) is 12.0 Å². The number of aromatic nitrogens is 1. The molecule has 1 heterocycles. The summed E-state index contributed by atoms with van der Waals surface area (Å²) in [6, 6.07) is 1.37. The van der Waals surface area contributed by atoms with Gasteiger partial charge < -0.3 is 4.74 Å². The molecule has 0 N–H and O–H groups in total. The molecule has 1 rings (SSSR count). The maximum atomic E-state index is 13.4. The van der Waals surface area contributed by atoms with E-state index in [1.54, 1.807) is 6.20 Å². The average molecular weight is 304 g/mol. The quantitative estimate of drug-likeness (QED) is 0.680. The molecule has 17 heavy (non-hydrogen) atoms. The Kier molecular flexibility index (Phi) is 6.48. The van der Waals surface area contributed by atoms with E-state index in [1.807, 2.05) is 6.92 Å². The van der Waals surface area contributed by atoms with Crippen molar-refractivity contribution in [2.45, 2.75) is 52.1 Å². The number of hydrogen-bond acceptors (Lipinski definition) is 2. The van der Waals surface area contributed by atoms with Crippen LogP contribution >= 0.6 is 15.9 Å². The van der Waals surface area contributed by atoms with Crippen molar-refractivity contribution in [3.63, 3.8) is 0 Å². The van der Waals surface area contributed by atoms with Crippen LogP contribution in [0.1, 0.15) is 46.0 Å². The minimum absolute atomic E-state index is 0.00929. The van der Waals surface area contributed by atoms with Crippen LogP contribution in [0.15, 0.2) is 16.7 Å². The van der Waals surface area contributed by atoms with Gasteiger partial charge in [0.25, 0.3) is 5.88 Å². The summed E-state index contributed by atoms with van der Waals surface area (Å²) in [5.41, 5.74) is 0. The Morgan fingerprint density at radius 3 is 2.82 bits per heavy atom. The third kappa shape index (κ3) is 5.48. The fraction of sp³-hybridized carbons (Fsp3) is 0.615. The van der Waals surface area contributed by atoms with Gasteiger partial charge >= 0.3 is 0 Å². The summed E-state index contributed by atoms with van der Waals surface area (Å²) in [6.45, 7) is 4.14. The van der Waals surface area contributed by atoms with Crippen LogP contribution in [0.25, 0.3) is 0 Å². The Morgan fingerprint density at radius 1 is 1.41 bits per heavy atom. The van der Waals surface area contributed by atoms with Gasteiger partial charge in [0.05, 0.1) is 6.10 Å². The van der Waals surface area contributed by atoms with Gasteiger partial charge in [0.1, 0.15) is 0 Å². The highest BCUT2D eigenvalue weighted by molar-refractivity contribution is 9.10. The molecule has 0 bridgehead atoms. The minimum atomic E-state index is -0.417. The highest BCUT2D eigenvalue weighted by Gasteiger charge is 2.10. The van der Waals surface area contributed by atoms with E-state index in [1.165, 1.54) is 25.3 Å². The monoisotopic (exact) mass is 303 g/mol. The van der Waals surface area contributed by atoms with Gasteiger partial charge in [-0.15, -0.1) is 0 Å². The van der Waals surface area contributed by atoms with Gasteiger partial charge in [-0.05, 0) is 41.8 Å². The molecular formula is C13H19BrFNO. The molecule has 0 aliphatic rings. The second-order valence-electron chi connectivity index (χ2n) is 4.22. The van der Waals surface area contributed by atoms with E-state index in [0.29, 0.717) is 4.47 Å². The Balaban J connectivity index is 2.37. The minimum Gasteiger partial charge on any atom is -0.473 e. The zero-order chi connectivity index (χ0) is 12.7. The van der Waals surface area contributed by atoms with Crippen LogP contribution in [0.4, 0.5) is 4.39 Å². The van der Waals surface area contributed by atoms with Crippen molar-refractivity contribution in [1.29, 1.82) is 0 Å². The topological polar surface area (TPSA) is 22.1 Å². The molecule has 96 valence electrons. The lowest BCUT2D eigenvalue weighted by Crippen LogP contribution is -2.13. The van der Waals surface area contributed by atoms with Crippen LogP contribution in [-0.2, 0) is 0 Å². The van der Waals surface area contributed by atoms with Crippen molar-refractivity contribution in [2.75, 3.05) is 0 Å². The Bertz CT molecular complexity index is 346. The van der Waals surface area contributed by atoms with Crippen LogP contribution in [0.2, 0.25) is 0 Å². The van der Waals surface area contributed by atoms with Gasteiger partial charge in [0, 0.05) is 10.7 Å². The van der Waals surface area contributed by atoms with Crippen molar-refractivity contribution < 1.29 is 9.13 Å². The summed E-state index contributed by atoms with van der Waals surface area (Å²) < 4.78 is 19.5. The molecule has 0 amide bonds. The van der Waals surface area contributed by atoms with E-state index in [4.69, 9.17) is 4.74 Å². The first kappa shape index (κ1) is 14.4. The summed E-state index contributed by atoms with van der Waals surface area (Å²) in [5.74, 6) is -0.323. The second kappa shape index (κ2) is 7.64. The summed E-state index contributed by atoms with van der Waals surface area (Å²) in [4.78, 5) is 3.92. The SMILES string of the molecule is CCCCCCC(C)Oc1ncc(Br)cc1F. The molecule has 0 aliphatic heterocycles. The third-order valence-electron chi connectivity index (χ3n) is 2.55. The summed E-state index contributed by atoms with van der Waals surface area (Å²) in [5, 5.41) is 0. The summed E-state index contributed by atoms with van der Waals surface area (Å²) in [7, 11) is 0. The Labute approximate surface area is 111 Å². The smallest absolute Gasteiger partial charge is 0.250 e. The molecular weight excluding hydrogens is 285 g/mol. The molecule has 0 saturated carbocycles.